The van der Waals surface area contributed by atoms with E-state index in [0.717, 1.165) is 23.6 Å². The number of methoxy groups -OCH3 is 1. The van der Waals surface area contributed by atoms with Crippen LogP contribution in [-0.2, 0) is 6.54 Å². The Balaban J connectivity index is 1.59. The molecule has 0 unspecified atom stereocenters. The highest BCUT2D eigenvalue weighted by Crippen LogP contribution is 2.28. The van der Waals surface area contributed by atoms with Gasteiger partial charge in [0, 0.05) is 23.2 Å². The van der Waals surface area contributed by atoms with E-state index >= 15 is 0 Å². The molecule has 4 nitrogen and oxygen atoms in total. The van der Waals surface area contributed by atoms with Crippen LogP contribution >= 0.6 is 0 Å². The summed E-state index contributed by atoms with van der Waals surface area (Å²) in [4.78, 5) is 7.00. The van der Waals surface area contributed by atoms with Crippen molar-refractivity contribution in [3.8, 4) is 17.2 Å². The van der Waals surface area contributed by atoms with Crippen LogP contribution in [0.4, 0.5) is 5.69 Å². The third kappa shape index (κ3) is 3.51. The first kappa shape index (κ1) is 17.2. The smallest absolute Gasteiger partial charge is 0.226 e. The summed E-state index contributed by atoms with van der Waals surface area (Å²) in [6, 6.07) is 22.6. The monoisotopic (exact) mass is 358 g/mol. The highest BCUT2D eigenvalue weighted by atomic mass is 16.5. The Bertz CT molecular complexity index is 1030. The van der Waals surface area contributed by atoms with Gasteiger partial charge in [0.25, 0.3) is 0 Å². The number of aromatic nitrogens is 1. The van der Waals surface area contributed by atoms with Gasteiger partial charge in [0.2, 0.25) is 5.89 Å². The van der Waals surface area contributed by atoms with E-state index in [4.69, 9.17) is 9.15 Å². The molecule has 0 saturated heterocycles. The molecular formula is C23H22N2O2. The predicted molar refractivity (Wildman–Crippen MR) is 109 cm³/mol. The molecule has 1 aromatic heterocycles. The van der Waals surface area contributed by atoms with E-state index < -0.39 is 0 Å². The molecule has 136 valence electrons. The van der Waals surface area contributed by atoms with Crippen molar-refractivity contribution in [3.05, 3.63) is 78.7 Å². The minimum Gasteiger partial charge on any atom is -0.497 e. The molecule has 4 aromatic rings. The molecule has 0 bridgehead atoms. The van der Waals surface area contributed by atoms with Crippen LogP contribution in [0, 0.1) is 0 Å². The number of rotatable bonds is 6. The maximum atomic E-state index is 5.71. The number of oxazole rings is 1. The van der Waals surface area contributed by atoms with Crippen molar-refractivity contribution in [1.82, 2.24) is 4.98 Å². The molecule has 0 aliphatic carbocycles. The third-order valence-electron chi connectivity index (χ3n) is 4.73. The van der Waals surface area contributed by atoms with Crippen LogP contribution in [0.5, 0.6) is 5.75 Å². The third-order valence-corrected chi connectivity index (χ3v) is 4.73. The van der Waals surface area contributed by atoms with Crippen LogP contribution in [0.2, 0.25) is 0 Å². The van der Waals surface area contributed by atoms with E-state index in [1.54, 1.807) is 13.4 Å². The molecule has 4 heteroatoms. The van der Waals surface area contributed by atoms with Crippen LogP contribution in [-0.4, -0.2) is 18.6 Å². The molecule has 0 atom stereocenters. The second-order valence-corrected chi connectivity index (χ2v) is 6.38. The summed E-state index contributed by atoms with van der Waals surface area (Å²) in [5.74, 6) is 1.44. The first-order chi connectivity index (χ1) is 13.3. The van der Waals surface area contributed by atoms with Gasteiger partial charge in [0.05, 0.1) is 19.3 Å². The van der Waals surface area contributed by atoms with Gasteiger partial charge in [0.1, 0.15) is 12.0 Å². The molecule has 0 amide bonds. The quantitative estimate of drug-likeness (QED) is 0.454. The van der Waals surface area contributed by atoms with Gasteiger partial charge in [-0.05, 0) is 42.6 Å². The Morgan fingerprint density at radius 3 is 2.52 bits per heavy atom. The second kappa shape index (κ2) is 7.54. The van der Waals surface area contributed by atoms with Crippen molar-refractivity contribution >= 4 is 16.5 Å². The fraction of sp³-hybridized carbons (Fsp3) is 0.174. The minimum absolute atomic E-state index is 0.627. The summed E-state index contributed by atoms with van der Waals surface area (Å²) in [6.07, 6.45) is 1.74. The Morgan fingerprint density at radius 2 is 1.74 bits per heavy atom. The zero-order valence-electron chi connectivity index (χ0n) is 15.6. The van der Waals surface area contributed by atoms with Gasteiger partial charge in [0.15, 0.2) is 0 Å². The molecule has 0 N–H and O–H groups in total. The largest absolute Gasteiger partial charge is 0.497 e. The van der Waals surface area contributed by atoms with Crippen LogP contribution in [0.1, 0.15) is 12.6 Å². The van der Waals surface area contributed by atoms with Gasteiger partial charge in [-0.2, -0.15) is 0 Å². The first-order valence-corrected chi connectivity index (χ1v) is 9.10. The minimum atomic E-state index is 0.627. The maximum Gasteiger partial charge on any atom is 0.226 e. The number of benzene rings is 3. The molecular weight excluding hydrogens is 336 g/mol. The van der Waals surface area contributed by atoms with Crippen LogP contribution in [0.15, 0.2) is 77.4 Å². The fourth-order valence-corrected chi connectivity index (χ4v) is 3.29. The van der Waals surface area contributed by atoms with E-state index in [9.17, 15) is 0 Å². The summed E-state index contributed by atoms with van der Waals surface area (Å²) in [5.41, 5.74) is 3.07. The Hall–Kier alpha value is -3.27. The first-order valence-electron chi connectivity index (χ1n) is 9.10. The van der Waals surface area contributed by atoms with Crippen LogP contribution in [0.3, 0.4) is 0 Å². The van der Waals surface area contributed by atoms with Crippen molar-refractivity contribution in [3.63, 3.8) is 0 Å². The van der Waals surface area contributed by atoms with Gasteiger partial charge in [-0.25, -0.2) is 4.98 Å². The molecule has 1 heterocycles. The van der Waals surface area contributed by atoms with Crippen LogP contribution < -0.4 is 9.64 Å². The number of ether oxygens (including phenoxy) is 1. The Labute approximate surface area is 159 Å². The van der Waals surface area contributed by atoms with Gasteiger partial charge < -0.3 is 14.1 Å². The average Bonchev–Trinajstić information content (AvgIpc) is 3.20. The number of hydrogen-bond donors (Lipinski definition) is 0. The molecule has 0 aliphatic heterocycles. The van der Waals surface area contributed by atoms with Gasteiger partial charge >= 0.3 is 0 Å². The van der Waals surface area contributed by atoms with Gasteiger partial charge in [-0.1, -0.05) is 36.4 Å². The SMILES string of the molecule is CCN(Cc1coc(-c2ccc(OC)cc2)n1)c1cccc2ccccc12. The zero-order valence-corrected chi connectivity index (χ0v) is 15.6. The predicted octanol–water partition coefficient (Wildman–Crippen LogP) is 5.53. The second-order valence-electron chi connectivity index (χ2n) is 6.38. The highest BCUT2D eigenvalue weighted by Gasteiger charge is 2.13. The number of fused-ring (bicyclic) bond motifs is 1. The van der Waals surface area contributed by atoms with Crippen molar-refractivity contribution in [2.45, 2.75) is 13.5 Å². The lowest BCUT2D eigenvalue weighted by Gasteiger charge is -2.23. The topological polar surface area (TPSA) is 38.5 Å². The molecule has 0 fully saturated rings. The lowest BCUT2D eigenvalue weighted by atomic mass is 10.1. The standard InChI is InChI=1S/C23H22N2O2/c1-3-25(22-10-6-8-17-7-4-5-9-21(17)22)15-19-16-27-23(24-19)18-11-13-20(26-2)14-12-18/h4-14,16H,3,15H2,1-2H3. The summed E-state index contributed by atoms with van der Waals surface area (Å²) >= 11 is 0. The zero-order chi connectivity index (χ0) is 18.6. The van der Waals surface area contributed by atoms with E-state index in [1.807, 2.05) is 24.3 Å². The molecule has 0 saturated carbocycles. The van der Waals surface area contributed by atoms with Crippen molar-refractivity contribution in [1.29, 1.82) is 0 Å². The molecule has 0 radical (unpaired) electrons. The van der Waals surface area contributed by atoms with Crippen molar-refractivity contribution in [2.75, 3.05) is 18.6 Å². The van der Waals surface area contributed by atoms with Gasteiger partial charge in [-0.15, -0.1) is 0 Å². The summed E-state index contributed by atoms with van der Waals surface area (Å²) in [6.45, 7) is 3.75. The summed E-state index contributed by atoms with van der Waals surface area (Å²) in [7, 11) is 1.66. The molecule has 0 aliphatic rings. The Morgan fingerprint density at radius 1 is 0.963 bits per heavy atom. The van der Waals surface area contributed by atoms with E-state index in [1.165, 1.54) is 16.5 Å². The lowest BCUT2D eigenvalue weighted by molar-refractivity contribution is 0.415. The average molecular weight is 358 g/mol. The van der Waals surface area contributed by atoms with Crippen LogP contribution in [0.25, 0.3) is 22.2 Å². The fourth-order valence-electron chi connectivity index (χ4n) is 3.29. The maximum absolute atomic E-state index is 5.71. The molecule has 4 rings (SSSR count). The van der Waals surface area contributed by atoms with E-state index in [-0.39, 0.29) is 0 Å². The highest BCUT2D eigenvalue weighted by molar-refractivity contribution is 5.94. The molecule has 27 heavy (non-hydrogen) atoms. The number of nitrogens with zero attached hydrogens (tertiary/aromatic N) is 2. The summed E-state index contributed by atoms with van der Waals surface area (Å²) in [5, 5.41) is 2.49. The molecule has 3 aromatic carbocycles. The number of hydrogen-bond acceptors (Lipinski definition) is 4. The summed E-state index contributed by atoms with van der Waals surface area (Å²) < 4.78 is 10.9. The number of anilines is 1. The normalized spacial score (nSPS) is 10.9. The van der Waals surface area contributed by atoms with Crippen molar-refractivity contribution in [2.24, 2.45) is 0 Å². The lowest BCUT2D eigenvalue weighted by Crippen LogP contribution is -2.22. The molecule has 0 spiro atoms. The van der Waals surface area contributed by atoms with E-state index in [0.29, 0.717) is 12.4 Å². The van der Waals surface area contributed by atoms with Gasteiger partial charge in [-0.3, -0.25) is 0 Å². The Kier molecular flexibility index (Phi) is 4.79. The van der Waals surface area contributed by atoms with E-state index in [2.05, 4.69) is 59.3 Å². The van der Waals surface area contributed by atoms with Crippen molar-refractivity contribution < 1.29 is 9.15 Å².